The summed E-state index contributed by atoms with van der Waals surface area (Å²) in [5.74, 6) is 0.0990. The summed E-state index contributed by atoms with van der Waals surface area (Å²) in [4.78, 5) is 11.8. The fourth-order valence-electron chi connectivity index (χ4n) is 2.51. The molecule has 0 fully saturated rings. The highest BCUT2D eigenvalue weighted by atomic mass is 35.5. The van der Waals surface area contributed by atoms with Gasteiger partial charge in [0.2, 0.25) is 5.91 Å². The summed E-state index contributed by atoms with van der Waals surface area (Å²) >= 11 is 5.83. The zero-order valence-electron chi connectivity index (χ0n) is 13.9. The predicted octanol–water partition coefficient (Wildman–Crippen LogP) is 5.53. The van der Waals surface area contributed by atoms with Crippen LogP contribution in [-0.2, 0) is 11.2 Å². The zero-order chi connectivity index (χ0) is 16.0. The molecular formula is C19H30ClNO. The Morgan fingerprint density at radius 2 is 1.45 bits per heavy atom. The van der Waals surface area contributed by atoms with Crippen molar-refractivity contribution in [3.05, 3.63) is 34.9 Å². The van der Waals surface area contributed by atoms with Crippen molar-refractivity contribution in [3.63, 3.8) is 0 Å². The molecule has 0 atom stereocenters. The van der Waals surface area contributed by atoms with Gasteiger partial charge in [-0.15, -0.1) is 0 Å². The van der Waals surface area contributed by atoms with Gasteiger partial charge in [-0.05, 0) is 24.1 Å². The van der Waals surface area contributed by atoms with Crippen LogP contribution in [0.1, 0.15) is 70.3 Å². The number of amides is 1. The van der Waals surface area contributed by atoms with Gasteiger partial charge in [0.1, 0.15) is 0 Å². The number of carbonyl (C=O) groups is 1. The van der Waals surface area contributed by atoms with Crippen LogP contribution in [0.15, 0.2) is 24.3 Å². The van der Waals surface area contributed by atoms with Crippen molar-refractivity contribution < 1.29 is 4.79 Å². The number of unbranched alkanes of at least 4 members (excludes halogenated alkanes) is 8. The standard InChI is InChI=1S/C19H30ClNO/c1-2-3-4-5-6-7-8-9-10-15-21-19(22)16-17-11-13-18(20)14-12-17/h11-14H,2-10,15-16H2,1H3,(H,21,22). The number of carbonyl (C=O) groups excluding carboxylic acids is 1. The van der Waals surface area contributed by atoms with Gasteiger partial charge in [-0.2, -0.15) is 0 Å². The Kier molecular flexibility index (Phi) is 10.8. The minimum Gasteiger partial charge on any atom is -0.356 e. The summed E-state index contributed by atoms with van der Waals surface area (Å²) in [6, 6.07) is 7.45. The van der Waals surface area contributed by atoms with E-state index in [0.717, 1.165) is 18.5 Å². The molecule has 0 bridgehead atoms. The molecule has 0 spiro atoms. The van der Waals surface area contributed by atoms with Gasteiger partial charge < -0.3 is 5.32 Å². The van der Waals surface area contributed by atoms with E-state index in [-0.39, 0.29) is 5.91 Å². The van der Waals surface area contributed by atoms with Crippen molar-refractivity contribution in [2.75, 3.05) is 6.54 Å². The topological polar surface area (TPSA) is 29.1 Å². The average molecular weight is 324 g/mol. The number of rotatable bonds is 12. The molecule has 2 nitrogen and oxygen atoms in total. The quantitative estimate of drug-likeness (QED) is 0.503. The lowest BCUT2D eigenvalue weighted by Gasteiger charge is -2.06. The van der Waals surface area contributed by atoms with Crippen LogP contribution in [0, 0.1) is 0 Å². The van der Waals surface area contributed by atoms with E-state index in [1.54, 1.807) is 0 Å². The Balaban J connectivity index is 1.93. The van der Waals surface area contributed by atoms with Crippen molar-refractivity contribution in [2.24, 2.45) is 0 Å². The largest absolute Gasteiger partial charge is 0.356 e. The van der Waals surface area contributed by atoms with E-state index in [9.17, 15) is 4.79 Å². The SMILES string of the molecule is CCCCCCCCCCCNC(=O)Cc1ccc(Cl)cc1. The molecule has 0 saturated carbocycles. The fourth-order valence-corrected chi connectivity index (χ4v) is 2.64. The Bertz CT molecular complexity index is 402. The smallest absolute Gasteiger partial charge is 0.224 e. The lowest BCUT2D eigenvalue weighted by Crippen LogP contribution is -2.26. The zero-order valence-corrected chi connectivity index (χ0v) is 14.6. The maximum atomic E-state index is 11.8. The van der Waals surface area contributed by atoms with E-state index in [1.807, 2.05) is 24.3 Å². The molecule has 1 aromatic carbocycles. The lowest BCUT2D eigenvalue weighted by atomic mass is 10.1. The van der Waals surface area contributed by atoms with Crippen LogP contribution in [0.25, 0.3) is 0 Å². The number of benzene rings is 1. The molecule has 1 N–H and O–H groups in total. The van der Waals surface area contributed by atoms with Crippen LogP contribution >= 0.6 is 11.6 Å². The van der Waals surface area contributed by atoms with Gasteiger partial charge in [0.05, 0.1) is 6.42 Å². The minimum absolute atomic E-state index is 0.0990. The number of hydrogen-bond acceptors (Lipinski definition) is 1. The molecule has 3 heteroatoms. The van der Waals surface area contributed by atoms with Crippen LogP contribution in [0.3, 0.4) is 0 Å². The first-order valence-electron chi connectivity index (χ1n) is 8.73. The monoisotopic (exact) mass is 323 g/mol. The minimum atomic E-state index is 0.0990. The van der Waals surface area contributed by atoms with E-state index < -0.39 is 0 Å². The van der Waals surface area contributed by atoms with E-state index in [4.69, 9.17) is 11.6 Å². The summed E-state index contributed by atoms with van der Waals surface area (Å²) in [6.45, 7) is 3.05. The van der Waals surface area contributed by atoms with Crippen molar-refractivity contribution in [2.45, 2.75) is 71.1 Å². The molecule has 124 valence electrons. The molecule has 0 unspecified atom stereocenters. The maximum absolute atomic E-state index is 11.8. The van der Waals surface area contributed by atoms with Crippen molar-refractivity contribution in [1.29, 1.82) is 0 Å². The molecule has 0 aliphatic carbocycles. The predicted molar refractivity (Wildman–Crippen MR) is 95.4 cm³/mol. The third kappa shape index (κ3) is 9.83. The fraction of sp³-hybridized carbons (Fsp3) is 0.632. The van der Waals surface area contributed by atoms with Crippen molar-refractivity contribution in [3.8, 4) is 0 Å². The Labute approximate surface area is 140 Å². The number of halogens is 1. The summed E-state index contributed by atoms with van der Waals surface area (Å²) in [5, 5.41) is 3.70. The third-order valence-electron chi connectivity index (χ3n) is 3.88. The molecule has 0 heterocycles. The molecule has 1 amide bonds. The molecular weight excluding hydrogens is 294 g/mol. The van der Waals surface area contributed by atoms with Gasteiger partial charge in [-0.25, -0.2) is 0 Å². The first-order chi connectivity index (χ1) is 10.7. The van der Waals surface area contributed by atoms with Crippen molar-refractivity contribution >= 4 is 17.5 Å². The molecule has 0 aromatic heterocycles. The highest BCUT2D eigenvalue weighted by Crippen LogP contribution is 2.10. The second-order valence-corrected chi connectivity index (χ2v) is 6.42. The number of nitrogens with one attached hydrogen (secondary N) is 1. The van der Waals surface area contributed by atoms with Gasteiger partial charge in [0.25, 0.3) is 0 Å². The lowest BCUT2D eigenvalue weighted by molar-refractivity contribution is -0.120. The Morgan fingerprint density at radius 1 is 0.909 bits per heavy atom. The van der Waals surface area contributed by atoms with Gasteiger partial charge in [0, 0.05) is 11.6 Å². The highest BCUT2D eigenvalue weighted by Gasteiger charge is 2.02. The average Bonchev–Trinajstić information content (AvgIpc) is 2.51. The summed E-state index contributed by atoms with van der Waals surface area (Å²) in [6.07, 6.45) is 12.2. The van der Waals surface area contributed by atoms with Crippen LogP contribution in [0.5, 0.6) is 0 Å². The van der Waals surface area contributed by atoms with Crippen LogP contribution in [0.4, 0.5) is 0 Å². The second kappa shape index (κ2) is 12.5. The van der Waals surface area contributed by atoms with E-state index >= 15 is 0 Å². The molecule has 0 radical (unpaired) electrons. The van der Waals surface area contributed by atoms with Crippen molar-refractivity contribution in [1.82, 2.24) is 5.32 Å². The normalized spacial score (nSPS) is 10.6. The van der Waals surface area contributed by atoms with E-state index in [0.29, 0.717) is 11.4 Å². The van der Waals surface area contributed by atoms with Crippen LogP contribution < -0.4 is 5.32 Å². The van der Waals surface area contributed by atoms with E-state index in [1.165, 1.54) is 51.4 Å². The Hall–Kier alpha value is -1.02. The summed E-state index contributed by atoms with van der Waals surface area (Å²) in [7, 11) is 0. The first-order valence-corrected chi connectivity index (χ1v) is 9.11. The molecule has 1 rings (SSSR count). The van der Waals surface area contributed by atoms with Gasteiger partial charge >= 0.3 is 0 Å². The molecule has 0 aliphatic rings. The molecule has 0 aliphatic heterocycles. The molecule has 1 aromatic rings. The second-order valence-electron chi connectivity index (χ2n) is 5.98. The summed E-state index contributed by atoms with van der Waals surface area (Å²) < 4.78 is 0. The van der Waals surface area contributed by atoms with Gasteiger partial charge in [-0.1, -0.05) is 82.0 Å². The van der Waals surface area contributed by atoms with Gasteiger partial charge in [-0.3, -0.25) is 4.79 Å². The van der Waals surface area contributed by atoms with E-state index in [2.05, 4.69) is 12.2 Å². The summed E-state index contributed by atoms with van der Waals surface area (Å²) in [5.41, 5.74) is 1.01. The molecule has 0 saturated heterocycles. The number of hydrogen-bond donors (Lipinski definition) is 1. The maximum Gasteiger partial charge on any atom is 0.224 e. The third-order valence-corrected chi connectivity index (χ3v) is 4.13. The van der Waals surface area contributed by atoms with Crippen LogP contribution in [-0.4, -0.2) is 12.5 Å². The Morgan fingerprint density at radius 3 is 2.05 bits per heavy atom. The molecule has 22 heavy (non-hydrogen) atoms. The highest BCUT2D eigenvalue weighted by molar-refractivity contribution is 6.30. The van der Waals surface area contributed by atoms with Crippen LogP contribution in [0.2, 0.25) is 5.02 Å². The van der Waals surface area contributed by atoms with Gasteiger partial charge in [0.15, 0.2) is 0 Å². The first kappa shape index (κ1) is 19.0.